The number of hydrogen-bond donors (Lipinski definition) is 0. The summed E-state index contributed by atoms with van der Waals surface area (Å²) in [5.74, 6) is 1.71. The molecule has 1 atom stereocenters. The minimum absolute atomic E-state index is 0.0187. The van der Waals surface area contributed by atoms with Crippen molar-refractivity contribution in [2.24, 2.45) is 0 Å². The molecule has 7 nitrogen and oxygen atoms in total. The number of aryl methyl sites for hydroxylation is 1. The first-order valence-electron chi connectivity index (χ1n) is 11.5. The van der Waals surface area contributed by atoms with Gasteiger partial charge >= 0.3 is 0 Å². The highest BCUT2D eigenvalue weighted by Gasteiger charge is 2.28. The quantitative estimate of drug-likeness (QED) is 0.430. The van der Waals surface area contributed by atoms with Crippen LogP contribution in [0, 0.1) is 6.92 Å². The van der Waals surface area contributed by atoms with Crippen molar-refractivity contribution in [3.63, 3.8) is 0 Å². The number of fused-ring (bicyclic) bond motifs is 1. The van der Waals surface area contributed by atoms with Gasteiger partial charge in [0.2, 0.25) is 11.8 Å². The van der Waals surface area contributed by atoms with Gasteiger partial charge in [0.25, 0.3) is 5.91 Å². The Kier molecular flexibility index (Phi) is 6.08. The summed E-state index contributed by atoms with van der Waals surface area (Å²) in [6, 6.07) is 19.6. The van der Waals surface area contributed by atoms with Crippen molar-refractivity contribution in [2.45, 2.75) is 32.8 Å². The van der Waals surface area contributed by atoms with E-state index in [1.807, 2.05) is 65.6 Å². The van der Waals surface area contributed by atoms with Crippen molar-refractivity contribution in [1.82, 2.24) is 20.1 Å². The molecule has 1 aliphatic heterocycles. The van der Waals surface area contributed by atoms with Gasteiger partial charge < -0.3 is 14.1 Å². The zero-order chi connectivity index (χ0) is 23.5. The number of carbonyl (C=O) groups excluding carboxylic acids is 1. The average molecular weight is 455 g/mol. The van der Waals surface area contributed by atoms with Crippen LogP contribution < -0.4 is 4.74 Å². The van der Waals surface area contributed by atoms with E-state index in [2.05, 4.69) is 15.2 Å². The van der Waals surface area contributed by atoms with Crippen LogP contribution >= 0.6 is 0 Å². The Morgan fingerprint density at radius 1 is 1.00 bits per heavy atom. The fraction of sp³-hybridized carbons (Fsp3) is 0.259. The predicted octanol–water partition coefficient (Wildman–Crippen LogP) is 4.82. The van der Waals surface area contributed by atoms with Crippen molar-refractivity contribution in [2.75, 3.05) is 13.1 Å². The number of piperidine rings is 1. The second-order valence-corrected chi connectivity index (χ2v) is 8.38. The van der Waals surface area contributed by atoms with Gasteiger partial charge in [-0.05, 0) is 49.6 Å². The first-order chi connectivity index (χ1) is 16.6. The van der Waals surface area contributed by atoms with Crippen LogP contribution in [0.3, 0.4) is 0 Å². The molecule has 1 aliphatic rings. The molecule has 0 aliphatic carbocycles. The molecule has 0 radical (unpaired) electrons. The van der Waals surface area contributed by atoms with E-state index in [1.54, 1.807) is 20.0 Å². The number of nitrogens with zero attached hydrogens (tertiary/aromatic N) is 4. The monoisotopic (exact) mass is 454 g/mol. The molecule has 1 unspecified atom stereocenters. The summed E-state index contributed by atoms with van der Waals surface area (Å²) < 4.78 is 11.9. The molecule has 1 saturated heterocycles. The van der Waals surface area contributed by atoms with Gasteiger partial charge in [-0.2, -0.15) is 0 Å². The van der Waals surface area contributed by atoms with Crippen molar-refractivity contribution < 1.29 is 13.9 Å². The number of amides is 1. The first kappa shape index (κ1) is 21.8. The smallest absolute Gasteiger partial charge is 0.263 e. The highest BCUT2D eigenvalue weighted by molar-refractivity contribution is 5.86. The van der Waals surface area contributed by atoms with Crippen LogP contribution in [0.25, 0.3) is 16.5 Å². The van der Waals surface area contributed by atoms with Gasteiger partial charge in [0.1, 0.15) is 5.75 Å². The third kappa shape index (κ3) is 4.41. The molecule has 5 rings (SSSR count). The van der Waals surface area contributed by atoms with E-state index in [0.29, 0.717) is 30.6 Å². The van der Waals surface area contributed by atoms with E-state index < -0.39 is 6.10 Å². The Morgan fingerprint density at radius 2 is 1.79 bits per heavy atom. The van der Waals surface area contributed by atoms with Gasteiger partial charge in [-0.1, -0.05) is 42.0 Å². The Morgan fingerprint density at radius 3 is 2.53 bits per heavy atom. The molecule has 2 aromatic carbocycles. The van der Waals surface area contributed by atoms with Crippen molar-refractivity contribution in [1.29, 1.82) is 0 Å². The number of benzene rings is 2. The van der Waals surface area contributed by atoms with E-state index in [9.17, 15) is 4.79 Å². The molecule has 0 N–H and O–H groups in total. The summed E-state index contributed by atoms with van der Waals surface area (Å²) in [6.07, 6.45) is 2.63. The number of likely N-dealkylation sites (tertiary alicyclic amines) is 1. The molecule has 3 heterocycles. The van der Waals surface area contributed by atoms with E-state index in [1.165, 1.54) is 5.57 Å². The molecule has 34 heavy (non-hydrogen) atoms. The Balaban J connectivity index is 1.32. The molecule has 172 valence electrons. The standard InChI is InChI=1S/C27H26N4O3/c1-18(33-24-12-6-11-23-22(24)10-7-15-28-23)27(32)31-16-13-21(14-17-31)25(20-8-4-3-5-9-20)26-30-29-19(2)34-26/h3-12,15,18H,13-14,16-17H2,1-2H3. The maximum absolute atomic E-state index is 13.2. The molecule has 0 spiro atoms. The number of ether oxygens (including phenoxy) is 1. The average Bonchev–Trinajstić information content (AvgIpc) is 3.30. The fourth-order valence-electron chi connectivity index (χ4n) is 4.40. The summed E-state index contributed by atoms with van der Waals surface area (Å²) >= 11 is 0. The minimum atomic E-state index is -0.594. The molecule has 4 aromatic rings. The Labute approximate surface area is 198 Å². The normalized spacial score (nSPS) is 14.8. The third-order valence-electron chi connectivity index (χ3n) is 6.09. The number of carbonyl (C=O) groups is 1. The largest absolute Gasteiger partial charge is 0.480 e. The van der Waals surface area contributed by atoms with Gasteiger partial charge in [0.05, 0.1) is 5.52 Å². The van der Waals surface area contributed by atoms with E-state index in [-0.39, 0.29) is 5.91 Å². The van der Waals surface area contributed by atoms with Gasteiger partial charge in [0, 0.05) is 37.2 Å². The van der Waals surface area contributed by atoms with E-state index in [0.717, 1.165) is 34.9 Å². The Hall–Kier alpha value is -4.00. The SMILES string of the molecule is Cc1nnc(C(=C2CCN(C(=O)C(C)Oc3cccc4ncccc34)CC2)c2ccccc2)o1. The van der Waals surface area contributed by atoms with Gasteiger partial charge in [-0.25, -0.2) is 0 Å². The van der Waals surface area contributed by atoms with Gasteiger partial charge in [0.15, 0.2) is 6.10 Å². The lowest BCUT2D eigenvalue weighted by Gasteiger charge is -2.31. The van der Waals surface area contributed by atoms with Crippen molar-refractivity contribution in [3.8, 4) is 5.75 Å². The van der Waals surface area contributed by atoms with Crippen LogP contribution in [0.4, 0.5) is 0 Å². The van der Waals surface area contributed by atoms with Crippen LogP contribution in [-0.2, 0) is 4.79 Å². The van der Waals surface area contributed by atoms with Crippen LogP contribution in [0.15, 0.2) is 76.9 Å². The highest BCUT2D eigenvalue weighted by atomic mass is 16.5. The lowest BCUT2D eigenvalue weighted by Crippen LogP contribution is -2.43. The second-order valence-electron chi connectivity index (χ2n) is 8.38. The third-order valence-corrected chi connectivity index (χ3v) is 6.09. The minimum Gasteiger partial charge on any atom is -0.480 e. The fourth-order valence-corrected chi connectivity index (χ4v) is 4.40. The first-order valence-corrected chi connectivity index (χ1v) is 11.5. The van der Waals surface area contributed by atoms with E-state index >= 15 is 0 Å². The van der Waals surface area contributed by atoms with Crippen molar-refractivity contribution >= 4 is 22.4 Å². The van der Waals surface area contributed by atoms with Crippen LogP contribution in [0.5, 0.6) is 5.75 Å². The van der Waals surface area contributed by atoms with Gasteiger partial charge in [-0.3, -0.25) is 9.78 Å². The predicted molar refractivity (Wildman–Crippen MR) is 129 cm³/mol. The van der Waals surface area contributed by atoms with E-state index in [4.69, 9.17) is 9.15 Å². The van der Waals surface area contributed by atoms with Crippen LogP contribution in [0.1, 0.15) is 37.1 Å². The maximum Gasteiger partial charge on any atom is 0.263 e. The topological polar surface area (TPSA) is 81.4 Å². The second kappa shape index (κ2) is 9.47. The zero-order valence-corrected chi connectivity index (χ0v) is 19.3. The van der Waals surface area contributed by atoms with Crippen LogP contribution in [0.2, 0.25) is 0 Å². The van der Waals surface area contributed by atoms with Gasteiger partial charge in [-0.15, -0.1) is 10.2 Å². The summed E-state index contributed by atoms with van der Waals surface area (Å²) in [4.78, 5) is 19.4. The molecule has 1 amide bonds. The number of aromatic nitrogens is 3. The number of rotatable bonds is 5. The summed E-state index contributed by atoms with van der Waals surface area (Å²) in [7, 11) is 0. The molecular formula is C27H26N4O3. The Bertz CT molecular complexity index is 1330. The number of pyridine rings is 1. The lowest BCUT2D eigenvalue weighted by molar-refractivity contribution is -0.138. The molecule has 0 saturated carbocycles. The molecule has 1 fully saturated rings. The lowest BCUT2D eigenvalue weighted by atomic mass is 9.93. The molecule has 2 aromatic heterocycles. The number of hydrogen-bond acceptors (Lipinski definition) is 6. The highest BCUT2D eigenvalue weighted by Crippen LogP contribution is 2.32. The summed E-state index contributed by atoms with van der Waals surface area (Å²) in [5.41, 5.74) is 4.08. The zero-order valence-electron chi connectivity index (χ0n) is 19.3. The summed E-state index contributed by atoms with van der Waals surface area (Å²) in [6.45, 7) is 4.82. The van der Waals surface area contributed by atoms with Crippen molar-refractivity contribution in [3.05, 3.63) is 89.8 Å². The summed E-state index contributed by atoms with van der Waals surface area (Å²) in [5, 5.41) is 9.19. The molecule has 7 heteroatoms. The maximum atomic E-state index is 13.2. The molecule has 0 bridgehead atoms. The van der Waals surface area contributed by atoms with Crippen LogP contribution in [-0.4, -0.2) is 45.2 Å². The molecular weight excluding hydrogens is 428 g/mol.